The van der Waals surface area contributed by atoms with Crippen LogP contribution in [0.5, 0.6) is 0 Å². The van der Waals surface area contributed by atoms with E-state index in [0.29, 0.717) is 18.4 Å². The van der Waals surface area contributed by atoms with Crippen molar-refractivity contribution in [2.45, 2.75) is 81.4 Å². The van der Waals surface area contributed by atoms with Crippen LogP contribution in [-0.2, 0) is 36.8 Å². The van der Waals surface area contributed by atoms with Crippen LogP contribution in [0.3, 0.4) is 0 Å². The Morgan fingerprint density at radius 1 is 0.818 bits per heavy atom. The van der Waals surface area contributed by atoms with Gasteiger partial charge in [0.1, 0.15) is 24.2 Å². The van der Waals surface area contributed by atoms with E-state index >= 15 is 0 Å². The van der Waals surface area contributed by atoms with Gasteiger partial charge in [-0.25, -0.2) is 0 Å². The second kappa shape index (κ2) is 17.9. The van der Waals surface area contributed by atoms with E-state index in [2.05, 4.69) is 31.2 Å². The molecule has 4 aromatic rings. The van der Waals surface area contributed by atoms with Gasteiger partial charge in [-0.05, 0) is 29.7 Å². The molecule has 2 aromatic carbocycles. The Morgan fingerprint density at radius 2 is 1.36 bits per heavy atom. The van der Waals surface area contributed by atoms with E-state index in [1.54, 1.807) is 26.5 Å². The molecular weight excluding hydrogens is 708 g/mol. The van der Waals surface area contributed by atoms with E-state index in [1.807, 2.05) is 55.5 Å². The Hall–Kier alpha value is -5.29. The standard InChI is InChI=1S/C39H52N8O8/c1-5-6-15-33(37(53)46(2)3)47(4)36(52)31(17-24-20-41-29-14-10-8-12-27(24)29)43-35(51)32(22-48)44-34(50)30(45-38(54)39(55)18-25(49)21-42-39)16-23-19-40-28-13-9-7-11-26(23)28/h7-14,19-20,25,30-33,40-42,48-49,55H,5-6,15-18,21-22H2,1-4H3,(H,43,51)(H,44,50)(H,45,54)/t25-,30+,31+,32+,33+,39+/m1/s1. The first-order valence-electron chi connectivity index (χ1n) is 18.5. The third kappa shape index (κ3) is 9.51. The number of nitrogens with zero attached hydrogens (tertiary/aromatic N) is 2. The Bertz CT molecular complexity index is 1990. The van der Waals surface area contributed by atoms with Crippen LogP contribution >= 0.6 is 0 Å². The number of carbonyl (C=O) groups is 5. The summed E-state index contributed by atoms with van der Waals surface area (Å²) in [6.45, 7) is 1.09. The zero-order valence-corrected chi connectivity index (χ0v) is 31.6. The molecule has 1 aliphatic heterocycles. The van der Waals surface area contributed by atoms with Crippen LogP contribution in [0, 0.1) is 0 Å². The lowest BCUT2D eigenvalue weighted by atomic mass is 10.0. The molecule has 3 heterocycles. The number of fused-ring (bicyclic) bond motifs is 2. The van der Waals surface area contributed by atoms with E-state index in [1.165, 1.54) is 16.8 Å². The zero-order chi connectivity index (χ0) is 39.9. The first-order chi connectivity index (χ1) is 26.3. The van der Waals surface area contributed by atoms with Gasteiger partial charge in [0.2, 0.25) is 23.6 Å². The number of β-amino-alcohol motifs (C(OH)–C–C–N with tert-alkyl or cyclic N) is 1. The number of aromatic nitrogens is 2. The minimum absolute atomic E-state index is 0.0261. The molecule has 55 heavy (non-hydrogen) atoms. The Labute approximate surface area is 319 Å². The van der Waals surface area contributed by atoms with Crippen LogP contribution in [0.25, 0.3) is 21.8 Å². The summed E-state index contributed by atoms with van der Waals surface area (Å²) in [7, 11) is 4.75. The van der Waals surface area contributed by atoms with Crippen molar-refractivity contribution in [2.75, 3.05) is 34.3 Å². The summed E-state index contributed by atoms with van der Waals surface area (Å²) in [6, 6.07) is 9.90. The molecule has 9 N–H and O–H groups in total. The summed E-state index contributed by atoms with van der Waals surface area (Å²) in [5.74, 6) is -3.48. The number of aliphatic hydroxyl groups is 3. The molecule has 0 spiro atoms. The van der Waals surface area contributed by atoms with Gasteiger partial charge in [0, 0.05) is 81.1 Å². The third-order valence-corrected chi connectivity index (χ3v) is 10.2. The summed E-state index contributed by atoms with van der Waals surface area (Å²) < 4.78 is 0. The molecule has 16 heteroatoms. The zero-order valence-electron chi connectivity index (χ0n) is 31.6. The van der Waals surface area contributed by atoms with Crippen molar-refractivity contribution < 1.29 is 39.3 Å². The third-order valence-electron chi connectivity index (χ3n) is 10.2. The van der Waals surface area contributed by atoms with E-state index in [4.69, 9.17) is 0 Å². The number of likely N-dealkylation sites (N-methyl/N-ethyl adjacent to an activating group) is 2. The van der Waals surface area contributed by atoms with Crippen LogP contribution in [-0.4, -0.2) is 135 Å². The van der Waals surface area contributed by atoms with Crippen molar-refractivity contribution in [3.63, 3.8) is 0 Å². The van der Waals surface area contributed by atoms with Gasteiger partial charge in [-0.15, -0.1) is 0 Å². The van der Waals surface area contributed by atoms with Crippen LogP contribution < -0.4 is 21.3 Å². The number of carbonyl (C=O) groups excluding carboxylic acids is 5. The Morgan fingerprint density at radius 3 is 1.89 bits per heavy atom. The molecule has 5 rings (SSSR count). The molecule has 6 atom stereocenters. The van der Waals surface area contributed by atoms with Gasteiger partial charge in [0.25, 0.3) is 5.91 Å². The molecule has 2 aromatic heterocycles. The summed E-state index contributed by atoms with van der Waals surface area (Å²) >= 11 is 0. The van der Waals surface area contributed by atoms with Crippen LogP contribution in [0.2, 0.25) is 0 Å². The average molecular weight is 761 g/mol. The minimum atomic E-state index is -2.14. The fraction of sp³-hybridized carbons (Fsp3) is 0.462. The van der Waals surface area contributed by atoms with E-state index in [9.17, 15) is 39.3 Å². The minimum Gasteiger partial charge on any atom is -0.394 e. The van der Waals surface area contributed by atoms with Crippen molar-refractivity contribution in [2.24, 2.45) is 0 Å². The van der Waals surface area contributed by atoms with E-state index < -0.39 is 66.2 Å². The predicted molar refractivity (Wildman–Crippen MR) is 205 cm³/mol. The van der Waals surface area contributed by atoms with E-state index in [-0.39, 0.29) is 31.7 Å². The highest BCUT2D eigenvalue weighted by atomic mass is 16.3. The first-order valence-corrected chi connectivity index (χ1v) is 18.5. The highest BCUT2D eigenvalue weighted by Gasteiger charge is 2.44. The number of para-hydroxylation sites is 2. The van der Waals surface area contributed by atoms with E-state index in [0.717, 1.165) is 33.8 Å². The molecule has 1 fully saturated rings. The molecule has 0 bridgehead atoms. The number of unbranched alkanes of at least 4 members (excludes halogenated alkanes) is 1. The molecule has 5 amide bonds. The molecule has 1 aliphatic rings. The summed E-state index contributed by atoms with van der Waals surface area (Å²) in [5.41, 5.74) is 0.848. The molecule has 16 nitrogen and oxygen atoms in total. The number of hydrogen-bond donors (Lipinski definition) is 9. The molecule has 296 valence electrons. The molecule has 0 radical (unpaired) electrons. The van der Waals surface area contributed by atoms with Crippen LogP contribution in [0.4, 0.5) is 0 Å². The second-order valence-electron chi connectivity index (χ2n) is 14.4. The molecule has 0 saturated carbocycles. The number of aliphatic hydroxyl groups excluding tert-OH is 2. The Kier molecular flexibility index (Phi) is 13.3. The number of benzene rings is 2. The predicted octanol–water partition coefficient (Wildman–Crippen LogP) is 0.0293. The van der Waals surface area contributed by atoms with Gasteiger partial charge in [0.05, 0.1) is 12.7 Å². The maximum atomic E-state index is 14.3. The second-order valence-corrected chi connectivity index (χ2v) is 14.4. The first kappa shape index (κ1) is 40.9. The van der Waals surface area contributed by atoms with Crippen molar-refractivity contribution in [3.05, 3.63) is 72.1 Å². The lowest BCUT2D eigenvalue weighted by Crippen LogP contribution is -2.62. The van der Waals surface area contributed by atoms with Gasteiger partial charge < -0.3 is 51.0 Å². The lowest BCUT2D eigenvalue weighted by Gasteiger charge is -2.33. The topological polar surface area (TPSA) is 232 Å². The highest BCUT2D eigenvalue weighted by Crippen LogP contribution is 2.23. The fourth-order valence-corrected chi connectivity index (χ4v) is 6.99. The SMILES string of the molecule is CCCC[C@@H](C(=O)N(C)C)N(C)C(=O)[C@H](Cc1c[nH]c2ccccc12)NC(=O)[C@H](CO)NC(=O)[C@H](Cc1c[nH]c2ccccc12)NC(=O)[C@@]1(O)C[C@@H](O)CN1. The number of nitrogens with one attached hydrogen (secondary N) is 6. The van der Waals surface area contributed by atoms with Gasteiger partial charge in [-0.1, -0.05) is 56.2 Å². The fourth-order valence-electron chi connectivity index (χ4n) is 6.99. The van der Waals surface area contributed by atoms with Gasteiger partial charge in [-0.2, -0.15) is 0 Å². The van der Waals surface area contributed by atoms with Gasteiger partial charge in [0.15, 0.2) is 5.72 Å². The lowest BCUT2D eigenvalue weighted by molar-refractivity contribution is -0.146. The largest absolute Gasteiger partial charge is 0.394 e. The number of hydrogen-bond acceptors (Lipinski definition) is 9. The quantitative estimate of drug-likeness (QED) is 0.0706. The smallest absolute Gasteiger partial charge is 0.268 e. The molecule has 0 aliphatic carbocycles. The summed E-state index contributed by atoms with van der Waals surface area (Å²) in [5, 5.41) is 43.3. The van der Waals surface area contributed by atoms with Crippen LogP contribution in [0.1, 0.15) is 43.7 Å². The molecular formula is C39H52N8O8. The van der Waals surface area contributed by atoms with Gasteiger partial charge >= 0.3 is 0 Å². The number of H-pyrrole nitrogens is 2. The van der Waals surface area contributed by atoms with Crippen molar-refractivity contribution in [1.82, 2.24) is 41.0 Å². The summed E-state index contributed by atoms with van der Waals surface area (Å²) in [4.78, 5) is 77.8. The number of aromatic amines is 2. The Balaban J connectivity index is 1.40. The highest BCUT2D eigenvalue weighted by molar-refractivity contribution is 5.97. The van der Waals surface area contributed by atoms with Crippen molar-refractivity contribution in [3.8, 4) is 0 Å². The monoisotopic (exact) mass is 760 g/mol. The summed E-state index contributed by atoms with van der Waals surface area (Å²) in [6.07, 6.45) is 3.99. The average Bonchev–Trinajstić information content (AvgIpc) is 3.89. The van der Waals surface area contributed by atoms with Crippen LogP contribution in [0.15, 0.2) is 60.9 Å². The number of amides is 5. The molecule has 0 unspecified atom stereocenters. The molecule has 1 saturated heterocycles. The van der Waals surface area contributed by atoms with Gasteiger partial charge in [-0.3, -0.25) is 29.3 Å². The van der Waals surface area contributed by atoms with Crippen molar-refractivity contribution >= 4 is 51.3 Å². The maximum absolute atomic E-state index is 14.3. The normalized spacial score (nSPS) is 19.0. The maximum Gasteiger partial charge on any atom is 0.268 e. The van der Waals surface area contributed by atoms with Crippen molar-refractivity contribution in [1.29, 1.82) is 0 Å². The number of rotatable bonds is 17.